The average Bonchev–Trinajstić information content (AvgIpc) is 3.40. The molecule has 1 aromatic carbocycles. The number of nitrogens with one attached hydrogen (secondary N) is 1. The molecule has 2 amide bonds. The van der Waals surface area contributed by atoms with Crippen LogP contribution in [0.4, 0.5) is 0 Å². The molecule has 1 aromatic rings. The molecule has 5 nitrogen and oxygen atoms in total. The Hall–Kier alpha value is -1.88. The zero-order valence-corrected chi connectivity index (χ0v) is 16.4. The molecule has 1 N–H and O–H groups in total. The molecule has 0 radical (unpaired) electrons. The molecular weight excluding hydrogens is 340 g/mol. The van der Waals surface area contributed by atoms with E-state index >= 15 is 0 Å². The molecule has 4 rings (SSSR count). The third-order valence-electron chi connectivity index (χ3n) is 6.57. The molecule has 27 heavy (non-hydrogen) atoms. The minimum absolute atomic E-state index is 0.00979. The van der Waals surface area contributed by atoms with E-state index < -0.39 is 0 Å². The summed E-state index contributed by atoms with van der Waals surface area (Å²) in [7, 11) is 1.67. The molecule has 1 aliphatic heterocycles. The highest BCUT2D eigenvalue weighted by molar-refractivity contribution is 5.85. The Bertz CT molecular complexity index is 707. The third kappa shape index (κ3) is 3.62. The van der Waals surface area contributed by atoms with Crippen LogP contribution in [0, 0.1) is 18.3 Å². The lowest BCUT2D eigenvalue weighted by Gasteiger charge is -2.42. The van der Waals surface area contributed by atoms with Gasteiger partial charge in [0.1, 0.15) is 0 Å². The third-order valence-corrected chi connectivity index (χ3v) is 6.57. The van der Waals surface area contributed by atoms with Crippen molar-refractivity contribution in [2.75, 3.05) is 26.8 Å². The fourth-order valence-electron chi connectivity index (χ4n) is 4.55. The molecule has 0 unspecified atom stereocenters. The van der Waals surface area contributed by atoms with Crippen LogP contribution < -0.4 is 5.32 Å². The molecule has 1 saturated heterocycles. The highest BCUT2D eigenvalue weighted by Gasteiger charge is 2.49. The molecular formula is C22H30N2O3. The largest absolute Gasteiger partial charge is 0.384 e. The standard InChI is InChI=1S/C22H30N2O3/c1-15-4-6-16(7-5-15)18-12-24(13-19(18)23-20(25)17-8-9-17)21(26)22(14-27-2)10-3-11-22/h4-7,17-19H,3,8-14H2,1-2H3,(H,23,25)/t18-,19+/m0/s1. The van der Waals surface area contributed by atoms with E-state index in [1.165, 1.54) is 11.1 Å². The monoisotopic (exact) mass is 370 g/mol. The number of carbonyl (C=O) groups excluding carboxylic acids is 2. The van der Waals surface area contributed by atoms with Crippen molar-refractivity contribution < 1.29 is 14.3 Å². The molecule has 0 spiro atoms. The van der Waals surface area contributed by atoms with Gasteiger partial charge in [-0.25, -0.2) is 0 Å². The van der Waals surface area contributed by atoms with Crippen LogP contribution in [0.5, 0.6) is 0 Å². The van der Waals surface area contributed by atoms with Gasteiger partial charge in [-0.15, -0.1) is 0 Å². The fraction of sp³-hybridized carbons (Fsp3) is 0.636. The highest BCUT2D eigenvalue weighted by Crippen LogP contribution is 2.44. The minimum atomic E-state index is -0.345. The van der Waals surface area contributed by atoms with Gasteiger partial charge in [0.2, 0.25) is 11.8 Å². The highest BCUT2D eigenvalue weighted by atomic mass is 16.5. The van der Waals surface area contributed by atoms with Crippen molar-refractivity contribution in [2.24, 2.45) is 11.3 Å². The first-order valence-electron chi connectivity index (χ1n) is 10.2. The Labute approximate surface area is 161 Å². The minimum Gasteiger partial charge on any atom is -0.384 e. The number of likely N-dealkylation sites (tertiary alicyclic amines) is 1. The Morgan fingerprint density at radius 3 is 2.44 bits per heavy atom. The maximum Gasteiger partial charge on any atom is 0.231 e. The summed E-state index contributed by atoms with van der Waals surface area (Å²) in [6.45, 7) is 3.84. The van der Waals surface area contributed by atoms with E-state index in [9.17, 15) is 9.59 Å². The van der Waals surface area contributed by atoms with Crippen LogP contribution in [0.15, 0.2) is 24.3 Å². The van der Waals surface area contributed by atoms with Crippen molar-refractivity contribution in [2.45, 2.75) is 51.0 Å². The van der Waals surface area contributed by atoms with Crippen molar-refractivity contribution >= 4 is 11.8 Å². The maximum atomic E-state index is 13.3. The molecule has 1 heterocycles. The van der Waals surface area contributed by atoms with Crippen molar-refractivity contribution in [3.63, 3.8) is 0 Å². The average molecular weight is 370 g/mol. The Morgan fingerprint density at radius 2 is 1.89 bits per heavy atom. The van der Waals surface area contributed by atoms with Gasteiger partial charge in [0.25, 0.3) is 0 Å². The zero-order valence-electron chi connectivity index (χ0n) is 16.4. The van der Waals surface area contributed by atoms with E-state index in [1.807, 2.05) is 4.90 Å². The molecule has 2 aliphatic carbocycles. The summed E-state index contributed by atoms with van der Waals surface area (Å²) in [5, 5.41) is 3.24. The van der Waals surface area contributed by atoms with Crippen molar-refractivity contribution in [3.8, 4) is 0 Å². The number of carbonyl (C=O) groups is 2. The number of aryl methyl sites for hydroxylation is 1. The zero-order chi connectivity index (χ0) is 19.0. The lowest BCUT2D eigenvalue weighted by molar-refractivity contribution is -0.151. The summed E-state index contributed by atoms with van der Waals surface area (Å²) in [5.74, 6) is 0.689. The van der Waals surface area contributed by atoms with Gasteiger partial charge in [-0.05, 0) is 38.2 Å². The number of amides is 2. The number of hydrogen-bond acceptors (Lipinski definition) is 3. The topological polar surface area (TPSA) is 58.6 Å². The summed E-state index contributed by atoms with van der Waals surface area (Å²) < 4.78 is 5.37. The van der Waals surface area contributed by atoms with Gasteiger partial charge < -0.3 is 15.0 Å². The molecule has 0 bridgehead atoms. The molecule has 5 heteroatoms. The summed E-state index contributed by atoms with van der Waals surface area (Å²) in [4.78, 5) is 27.7. The second kappa shape index (κ2) is 7.27. The van der Waals surface area contributed by atoms with E-state index in [0.717, 1.165) is 32.1 Å². The SMILES string of the molecule is COCC1(C(=O)N2C[C@@H](NC(=O)C3CC3)[C@H](c3ccc(C)cc3)C2)CCC1. The summed E-state index contributed by atoms with van der Waals surface area (Å²) in [5.41, 5.74) is 2.07. The lowest BCUT2D eigenvalue weighted by Crippen LogP contribution is -2.50. The summed E-state index contributed by atoms with van der Waals surface area (Å²) in [6, 6.07) is 8.48. The second-order valence-corrected chi connectivity index (χ2v) is 8.68. The predicted octanol–water partition coefficient (Wildman–Crippen LogP) is 2.63. The van der Waals surface area contributed by atoms with Crippen LogP contribution in [0.3, 0.4) is 0 Å². The first-order chi connectivity index (χ1) is 13.0. The molecule has 2 atom stereocenters. The van der Waals surface area contributed by atoms with Crippen LogP contribution in [-0.2, 0) is 14.3 Å². The van der Waals surface area contributed by atoms with Gasteiger partial charge in [-0.2, -0.15) is 0 Å². The van der Waals surface area contributed by atoms with Crippen molar-refractivity contribution in [1.29, 1.82) is 0 Å². The predicted molar refractivity (Wildman–Crippen MR) is 103 cm³/mol. The van der Waals surface area contributed by atoms with Crippen LogP contribution in [0.2, 0.25) is 0 Å². The summed E-state index contributed by atoms with van der Waals surface area (Å²) in [6.07, 6.45) is 4.89. The summed E-state index contributed by atoms with van der Waals surface area (Å²) >= 11 is 0. The Balaban J connectivity index is 1.53. The van der Waals surface area contributed by atoms with Crippen molar-refractivity contribution in [3.05, 3.63) is 35.4 Å². The van der Waals surface area contributed by atoms with Gasteiger partial charge in [-0.1, -0.05) is 36.2 Å². The van der Waals surface area contributed by atoms with E-state index in [4.69, 9.17) is 4.74 Å². The maximum absolute atomic E-state index is 13.3. The van der Waals surface area contributed by atoms with Gasteiger partial charge in [-0.3, -0.25) is 9.59 Å². The quantitative estimate of drug-likeness (QED) is 0.837. The molecule has 3 fully saturated rings. The lowest BCUT2D eigenvalue weighted by atomic mass is 9.68. The van der Waals surface area contributed by atoms with Gasteiger partial charge in [0.15, 0.2) is 0 Å². The van der Waals surface area contributed by atoms with Crippen LogP contribution in [0.25, 0.3) is 0 Å². The van der Waals surface area contributed by atoms with Crippen LogP contribution in [0.1, 0.15) is 49.1 Å². The Morgan fingerprint density at radius 1 is 1.19 bits per heavy atom. The van der Waals surface area contributed by atoms with Crippen molar-refractivity contribution in [1.82, 2.24) is 10.2 Å². The number of ether oxygens (including phenoxy) is 1. The van der Waals surface area contributed by atoms with E-state index in [0.29, 0.717) is 19.7 Å². The van der Waals surface area contributed by atoms with E-state index in [2.05, 4.69) is 36.5 Å². The number of rotatable bonds is 6. The first kappa shape index (κ1) is 18.5. The van der Waals surface area contributed by atoms with Crippen LogP contribution >= 0.6 is 0 Å². The molecule has 0 aromatic heterocycles. The van der Waals surface area contributed by atoms with Gasteiger partial charge >= 0.3 is 0 Å². The van der Waals surface area contributed by atoms with Gasteiger partial charge in [0.05, 0.1) is 18.1 Å². The smallest absolute Gasteiger partial charge is 0.231 e. The molecule has 2 saturated carbocycles. The normalized spacial score (nSPS) is 26.5. The number of benzene rings is 1. The Kier molecular flexibility index (Phi) is 4.97. The number of nitrogens with zero attached hydrogens (tertiary/aromatic N) is 1. The number of hydrogen-bond donors (Lipinski definition) is 1. The fourth-order valence-corrected chi connectivity index (χ4v) is 4.55. The first-order valence-corrected chi connectivity index (χ1v) is 10.2. The van der Waals surface area contributed by atoms with Crippen LogP contribution in [-0.4, -0.2) is 49.6 Å². The van der Waals surface area contributed by atoms with E-state index in [1.54, 1.807) is 7.11 Å². The molecule has 146 valence electrons. The molecule has 3 aliphatic rings. The number of methoxy groups -OCH3 is 1. The second-order valence-electron chi connectivity index (χ2n) is 8.68. The van der Waals surface area contributed by atoms with E-state index in [-0.39, 0.29) is 35.1 Å². The van der Waals surface area contributed by atoms with Gasteiger partial charge in [0, 0.05) is 32.0 Å².